The maximum Gasteiger partial charge on any atom is 1.00 e. The summed E-state index contributed by atoms with van der Waals surface area (Å²) >= 11 is 0. The summed E-state index contributed by atoms with van der Waals surface area (Å²) in [7, 11) is -4.46. The van der Waals surface area contributed by atoms with Gasteiger partial charge in [0.2, 0.25) is 0 Å². The quantitative estimate of drug-likeness (QED) is 0.278. The van der Waals surface area contributed by atoms with E-state index in [0.29, 0.717) is 12.0 Å². The van der Waals surface area contributed by atoms with Crippen LogP contribution < -0.4 is 29.6 Å². The van der Waals surface area contributed by atoms with Gasteiger partial charge in [0.25, 0.3) is 0 Å². The Morgan fingerprint density at radius 3 is 1.86 bits per heavy atom. The fourth-order valence-electron chi connectivity index (χ4n) is 3.90. The van der Waals surface area contributed by atoms with Gasteiger partial charge >= 0.3 is 29.6 Å². The van der Waals surface area contributed by atoms with Crippen molar-refractivity contribution in [1.82, 2.24) is 0 Å². The normalized spacial score (nSPS) is 11.6. The third-order valence-corrected chi connectivity index (χ3v) is 6.44. The monoisotopic (exact) mass is 426 g/mol. The predicted molar refractivity (Wildman–Crippen MR) is 117 cm³/mol. The van der Waals surface area contributed by atoms with Crippen molar-refractivity contribution < 1.29 is 42.5 Å². The molecule has 2 rings (SSSR count). The second kappa shape index (κ2) is 13.8. The Balaban J connectivity index is 0.00000420. The van der Waals surface area contributed by atoms with Gasteiger partial charge < -0.3 is 4.55 Å². The zero-order chi connectivity index (χ0) is 20.4. The van der Waals surface area contributed by atoms with E-state index < -0.39 is 10.1 Å². The molecule has 156 valence electrons. The number of hydrogen-bond donors (Lipinski definition) is 0. The molecule has 0 N–H and O–H groups in total. The van der Waals surface area contributed by atoms with E-state index in [-0.39, 0.29) is 34.5 Å². The molecule has 0 saturated heterocycles. The van der Waals surface area contributed by atoms with E-state index in [1.165, 1.54) is 44.1 Å². The molecule has 0 aliphatic rings. The van der Waals surface area contributed by atoms with Crippen molar-refractivity contribution in [3.05, 3.63) is 41.5 Å². The van der Waals surface area contributed by atoms with Crippen molar-refractivity contribution in [3.63, 3.8) is 0 Å². The molecule has 5 heteroatoms. The van der Waals surface area contributed by atoms with Gasteiger partial charge in [-0.1, -0.05) is 83.4 Å². The molecule has 0 amide bonds. The molecular formula is C24H35NaO3S. The minimum Gasteiger partial charge on any atom is -0.744 e. The van der Waals surface area contributed by atoms with Gasteiger partial charge in [-0.25, -0.2) is 8.42 Å². The summed E-state index contributed by atoms with van der Waals surface area (Å²) in [6.45, 7) is 4.39. The zero-order valence-electron chi connectivity index (χ0n) is 18.5. The molecule has 0 aliphatic heterocycles. The molecule has 0 atom stereocenters. The van der Waals surface area contributed by atoms with Crippen molar-refractivity contribution in [2.75, 3.05) is 0 Å². The Bertz CT molecular complexity index is 847. The van der Waals surface area contributed by atoms with Crippen LogP contribution in [0.15, 0.2) is 35.2 Å². The van der Waals surface area contributed by atoms with Gasteiger partial charge in [0.15, 0.2) is 0 Å². The molecule has 0 radical (unpaired) electrons. The second-order valence-electron chi connectivity index (χ2n) is 7.88. The minimum atomic E-state index is -4.46. The van der Waals surface area contributed by atoms with Crippen molar-refractivity contribution >= 4 is 20.9 Å². The average molecular weight is 427 g/mol. The molecule has 0 fully saturated rings. The van der Waals surface area contributed by atoms with Crippen molar-refractivity contribution in [1.29, 1.82) is 0 Å². The van der Waals surface area contributed by atoms with Crippen LogP contribution in [-0.2, 0) is 23.0 Å². The third-order valence-electron chi connectivity index (χ3n) is 5.52. The van der Waals surface area contributed by atoms with Gasteiger partial charge in [-0.3, -0.25) is 0 Å². The first-order valence-corrected chi connectivity index (χ1v) is 12.4. The molecule has 29 heavy (non-hydrogen) atoms. The van der Waals surface area contributed by atoms with Crippen LogP contribution in [0.1, 0.15) is 89.2 Å². The number of fused-ring (bicyclic) bond motifs is 1. The van der Waals surface area contributed by atoms with E-state index in [0.717, 1.165) is 42.9 Å². The first kappa shape index (κ1) is 26.6. The number of rotatable bonds is 13. The zero-order valence-corrected chi connectivity index (χ0v) is 21.3. The fourth-order valence-corrected chi connectivity index (χ4v) is 4.65. The molecule has 0 bridgehead atoms. The van der Waals surface area contributed by atoms with Crippen LogP contribution in [0.5, 0.6) is 0 Å². The Morgan fingerprint density at radius 1 is 0.759 bits per heavy atom. The predicted octanol–water partition coefficient (Wildman–Crippen LogP) is 3.77. The number of unbranched alkanes of at least 4 members (excludes halogenated alkanes) is 8. The molecule has 2 aromatic carbocycles. The molecular weight excluding hydrogens is 391 g/mol. The first-order valence-electron chi connectivity index (χ1n) is 11.0. The number of hydrogen-bond acceptors (Lipinski definition) is 3. The van der Waals surface area contributed by atoms with Gasteiger partial charge in [-0.15, -0.1) is 0 Å². The summed E-state index contributed by atoms with van der Waals surface area (Å²) in [5.74, 6) is 0. The summed E-state index contributed by atoms with van der Waals surface area (Å²) in [4.78, 5) is -0.0319. The molecule has 0 heterocycles. The topological polar surface area (TPSA) is 57.2 Å². The molecule has 0 spiro atoms. The summed E-state index contributed by atoms with van der Waals surface area (Å²) in [5.41, 5.74) is 1.95. The average Bonchev–Trinajstić information content (AvgIpc) is 2.66. The Labute approximate surface area is 199 Å². The van der Waals surface area contributed by atoms with Crippen LogP contribution in [0.25, 0.3) is 10.8 Å². The maximum atomic E-state index is 11.8. The molecule has 0 aliphatic carbocycles. The van der Waals surface area contributed by atoms with Gasteiger partial charge in [-0.05, 0) is 59.7 Å². The Kier molecular flexibility index (Phi) is 12.7. The summed E-state index contributed by atoms with van der Waals surface area (Å²) in [5, 5.41) is 1.96. The van der Waals surface area contributed by atoms with E-state index in [2.05, 4.69) is 19.9 Å². The van der Waals surface area contributed by atoms with Gasteiger partial charge in [0.05, 0.1) is 4.90 Å². The molecule has 0 aromatic heterocycles. The van der Waals surface area contributed by atoms with Crippen molar-refractivity contribution in [3.8, 4) is 0 Å². The summed E-state index contributed by atoms with van der Waals surface area (Å²) in [6.07, 6.45) is 13.3. The minimum absolute atomic E-state index is 0. The van der Waals surface area contributed by atoms with Crippen LogP contribution >= 0.6 is 0 Å². The van der Waals surface area contributed by atoms with Crippen LogP contribution in [0.2, 0.25) is 0 Å². The SMILES string of the molecule is CCCCCCCc1cc2c(CCCCCCC)cccc2cc1S(=O)(=O)[O-].[Na+]. The fraction of sp³-hybridized carbons (Fsp3) is 0.583. The standard InChI is InChI=1S/C24H36O3S.Na/c1-3-5-7-9-11-14-20-16-13-17-21-19-24(28(25,26)27)22(18-23(20)21)15-12-10-8-6-4-2;/h13,16-19H,3-12,14-15H2,1-2H3,(H,25,26,27);/q;+1/p-1. The van der Waals surface area contributed by atoms with Gasteiger partial charge in [0, 0.05) is 0 Å². The van der Waals surface area contributed by atoms with Crippen molar-refractivity contribution in [2.45, 2.75) is 95.8 Å². The van der Waals surface area contributed by atoms with Crippen molar-refractivity contribution in [2.24, 2.45) is 0 Å². The second-order valence-corrected chi connectivity index (χ2v) is 9.23. The van der Waals surface area contributed by atoms with Crippen LogP contribution in [0, 0.1) is 0 Å². The summed E-state index contributed by atoms with van der Waals surface area (Å²) in [6, 6.07) is 9.59. The third kappa shape index (κ3) is 8.70. The van der Waals surface area contributed by atoms with E-state index >= 15 is 0 Å². The Hall–Kier alpha value is -0.390. The first-order chi connectivity index (χ1) is 13.5. The molecule has 0 saturated carbocycles. The van der Waals surface area contributed by atoms with E-state index in [9.17, 15) is 13.0 Å². The Morgan fingerprint density at radius 2 is 1.31 bits per heavy atom. The molecule has 0 unspecified atom stereocenters. The van der Waals surface area contributed by atoms with Crippen LogP contribution in [0.3, 0.4) is 0 Å². The van der Waals surface area contributed by atoms with E-state index in [1.807, 2.05) is 18.2 Å². The smallest absolute Gasteiger partial charge is 0.744 e. The summed E-state index contributed by atoms with van der Waals surface area (Å²) < 4.78 is 35.5. The molecule has 2 aromatic rings. The van der Waals surface area contributed by atoms with E-state index in [1.54, 1.807) is 6.07 Å². The number of benzene rings is 2. The van der Waals surface area contributed by atoms with Crippen LogP contribution in [0.4, 0.5) is 0 Å². The van der Waals surface area contributed by atoms with E-state index in [4.69, 9.17) is 0 Å². The van der Waals surface area contributed by atoms with Gasteiger partial charge in [0.1, 0.15) is 10.1 Å². The maximum absolute atomic E-state index is 11.8. The molecule has 3 nitrogen and oxygen atoms in total. The largest absolute Gasteiger partial charge is 1.00 e. The van der Waals surface area contributed by atoms with Gasteiger partial charge in [-0.2, -0.15) is 0 Å². The number of aryl methyl sites for hydroxylation is 2. The van der Waals surface area contributed by atoms with Crippen LogP contribution in [-0.4, -0.2) is 13.0 Å².